The molecule has 0 heterocycles. The largest absolute Gasteiger partial charge is 0.472 e. The molecule has 78 valence electrons. The van der Waals surface area contributed by atoms with Gasteiger partial charge < -0.3 is 4.89 Å². The summed E-state index contributed by atoms with van der Waals surface area (Å²) >= 11 is 0. The fraction of sp³-hybridized carbons (Fsp3) is 0.750. The van der Waals surface area contributed by atoms with Crippen LogP contribution < -0.4 is 0 Å². The molecule has 0 saturated carbocycles. The Bertz CT molecular complexity index is 202. The number of hydrogen-bond acceptors (Lipinski definition) is 3. The van der Waals surface area contributed by atoms with Crippen molar-refractivity contribution in [3.8, 4) is 0 Å². The van der Waals surface area contributed by atoms with Crippen LogP contribution >= 0.6 is 7.82 Å². The molecule has 0 rings (SSSR count). The molecule has 0 aliphatic rings. The third-order valence-electron chi connectivity index (χ3n) is 1.22. The molecule has 0 aliphatic heterocycles. The maximum absolute atomic E-state index is 11.1. The second-order valence-electron chi connectivity index (χ2n) is 2.64. The van der Waals surface area contributed by atoms with Gasteiger partial charge in [-0.25, -0.2) is 4.57 Å². The molecule has 0 aromatic heterocycles. The first-order valence-corrected chi connectivity index (χ1v) is 5.80. The molecule has 0 aliphatic carbocycles. The smallest absolute Gasteiger partial charge is 0.302 e. The van der Waals surface area contributed by atoms with E-state index in [1.807, 2.05) is 13.8 Å². The fourth-order valence-electron chi connectivity index (χ4n) is 0.753. The Labute approximate surface area is 79.2 Å². The number of phosphoric ester groups is 1. The summed E-state index contributed by atoms with van der Waals surface area (Å²) in [6, 6.07) is 0. The summed E-state index contributed by atoms with van der Waals surface area (Å²) in [6.45, 7) is 5.58. The highest BCUT2D eigenvalue weighted by Gasteiger charge is 2.22. The highest BCUT2D eigenvalue weighted by atomic mass is 31.2. The average molecular weight is 208 g/mol. The Morgan fingerprint density at radius 1 is 1.62 bits per heavy atom. The molecule has 0 aromatic rings. The van der Waals surface area contributed by atoms with Crippen LogP contribution in [0.4, 0.5) is 0 Å². The van der Waals surface area contributed by atoms with E-state index in [0.717, 1.165) is 0 Å². The predicted octanol–water partition coefficient (Wildman–Crippen LogP) is 2.49. The van der Waals surface area contributed by atoms with Crippen LogP contribution in [0.5, 0.6) is 0 Å². The van der Waals surface area contributed by atoms with E-state index in [-0.39, 0.29) is 6.61 Å². The fourth-order valence-corrected chi connectivity index (χ4v) is 1.72. The van der Waals surface area contributed by atoms with Crippen molar-refractivity contribution in [1.29, 1.82) is 0 Å². The van der Waals surface area contributed by atoms with E-state index >= 15 is 0 Å². The van der Waals surface area contributed by atoms with Crippen LogP contribution in [-0.4, -0.2) is 17.6 Å². The molecule has 0 radical (unpaired) electrons. The number of allylic oxidation sites excluding steroid dienone is 1. The van der Waals surface area contributed by atoms with E-state index in [1.165, 1.54) is 0 Å². The normalized spacial score (nSPS) is 18.8. The zero-order valence-corrected chi connectivity index (χ0v) is 9.16. The number of rotatable bonds is 6. The van der Waals surface area contributed by atoms with Gasteiger partial charge in [-0.1, -0.05) is 19.1 Å². The Morgan fingerprint density at radius 2 is 2.23 bits per heavy atom. The Hall–Kier alpha value is -0.150. The Kier molecular flexibility index (Phi) is 6.25. The molecule has 0 amide bonds. The van der Waals surface area contributed by atoms with Gasteiger partial charge in [0.1, 0.15) is 0 Å². The molecule has 2 unspecified atom stereocenters. The summed E-state index contributed by atoms with van der Waals surface area (Å²) in [7, 11) is -3.85. The second-order valence-corrected chi connectivity index (χ2v) is 4.04. The van der Waals surface area contributed by atoms with Crippen molar-refractivity contribution < 1.29 is 18.5 Å². The molecule has 0 bridgehead atoms. The zero-order chi connectivity index (χ0) is 10.3. The van der Waals surface area contributed by atoms with Gasteiger partial charge in [0.15, 0.2) is 0 Å². The lowest BCUT2D eigenvalue weighted by molar-refractivity contribution is 0.131. The molecule has 13 heavy (non-hydrogen) atoms. The lowest BCUT2D eigenvalue weighted by Crippen LogP contribution is -2.04. The van der Waals surface area contributed by atoms with Crippen LogP contribution in [0.15, 0.2) is 12.2 Å². The van der Waals surface area contributed by atoms with Gasteiger partial charge >= 0.3 is 7.82 Å². The number of phosphoric acid groups is 1. The topological polar surface area (TPSA) is 55.8 Å². The summed E-state index contributed by atoms with van der Waals surface area (Å²) in [4.78, 5) is 9.12. The summed E-state index contributed by atoms with van der Waals surface area (Å²) in [5.74, 6) is 0. The Balaban J connectivity index is 3.93. The quantitative estimate of drug-likeness (QED) is 0.538. The van der Waals surface area contributed by atoms with E-state index < -0.39 is 13.9 Å². The van der Waals surface area contributed by atoms with Gasteiger partial charge in [-0.15, -0.1) is 0 Å². The second kappa shape index (κ2) is 6.33. The van der Waals surface area contributed by atoms with Crippen molar-refractivity contribution in [1.82, 2.24) is 0 Å². The highest BCUT2D eigenvalue weighted by Crippen LogP contribution is 2.44. The van der Waals surface area contributed by atoms with Crippen LogP contribution in [0.25, 0.3) is 0 Å². The van der Waals surface area contributed by atoms with Gasteiger partial charge in [-0.2, -0.15) is 0 Å². The minimum Gasteiger partial charge on any atom is -0.302 e. The minimum absolute atomic E-state index is 0.232. The summed E-state index contributed by atoms with van der Waals surface area (Å²) in [5, 5.41) is 0. The summed E-state index contributed by atoms with van der Waals surface area (Å²) in [6.07, 6.45) is 3.71. The van der Waals surface area contributed by atoms with Gasteiger partial charge in [0.05, 0.1) is 12.7 Å². The number of hydrogen-bond donors (Lipinski definition) is 1. The average Bonchev–Trinajstić information content (AvgIpc) is 2.00. The van der Waals surface area contributed by atoms with Crippen LogP contribution in [0, 0.1) is 0 Å². The third-order valence-corrected chi connectivity index (χ3v) is 2.33. The van der Waals surface area contributed by atoms with E-state index in [9.17, 15) is 4.57 Å². The molecule has 5 heteroatoms. The molecular weight excluding hydrogens is 191 g/mol. The highest BCUT2D eigenvalue weighted by molar-refractivity contribution is 7.47. The maximum Gasteiger partial charge on any atom is 0.472 e. The summed E-state index contributed by atoms with van der Waals surface area (Å²) < 4.78 is 20.6. The molecule has 0 spiro atoms. The molecular formula is C8H17O4P. The molecule has 1 N–H and O–H groups in total. The van der Waals surface area contributed by atoms with Crippen molar-refractivity contribution in [2.45, 2.75) is 33.3 Å². The first kappa shape index (κ1) is 12.8. The van der Waals surface area contributed by atoms with Gasteiger partial charge in [0.25, 0.3) is 0 Å². The van der Waals surface area contributed by atoms with Gasteiger partial charge in [0, 0.05) is 0 Å². The van der Waals surface area contributed by atoms with Crippen LogP contribution in [-0.2, 0) is 13.6 Å². The zero-order valence-electron chi connectivity index (χ0n) is 8.27. The predicted molar refractivity (Wildman–Crippen MR) is 51.4 cm³/mol. The van der Waals surface area contributed by atoms with E-state index in [0.29, 0.717) is 6.42 Å². The molecule has 0 saturated heterocycles. The monoisotopic (exact) mass is 208 g/mol. The molecule has 0 fully saturated rings. The van der Waals surface area contributed by atoms with Crippen molar-refractivity contribution in [3.63, 3.8) is 0 Å². The van der Waals surface area contributed by atoms with Gasteiger partial charge in [-0.3, -0.25) is 9.05 Å². The Morgan fingerprint density at radius 3 is 2.69 bits per heavy atom. The summed E-state index contributed by atoms with van der Waals surface area (Å²) in [5.41, 5.74) is 0. The van der Waals surface area contributed by atoms with E-state index in [4.69, 9.17) is 9.42 Å². The molecule has 0 aromatic carbocycles. The standard InChI is InChI=1S/C8H17O4P/c1-4-6-8(3)12-13(9,10)11-7-5-2/h4,6,8H,5,7H2,1-3H3,(H,9,10)/b6-4+. The first-order chi connectivity index (χ1) is 6.02. The van der Waals surface area contributed by atoms with Gasteiger partial charge in [0.2, 0.25) is 0 Å². The maximum atomic E-state index is 11.1. The lowest BCUT2D eigenvalue weighted by Gasteiger charge is -2.14. The SMILES string of the molecule is C/C=C/C(C)OP(=O)(O)OCCC. The minimum atomic E-state index is -3.85. The van der Waals surface area contributed by atoms with E-state index in [1.54, 1.807) is 19.1 Å². The third kappa shape index (κ3) is 6.96. The van der Waals surface area contributed by atoms with Crippen molar-refractivity contribution >= 4 is 7.82 Å². The van der Waals surface area contributed by atoms with Crippen LogP contribution in [0.3, 0.4) is 0 Å². The molecule has 4 nitrogen and oxygen atoms in total. The van der Waals surface area contributed by atoms with Crippen LogP contribution in [0.2, 0.25) is 0 Å². The lowest BCUT2D eigenvalue weighted by atomic mass is 10.4. The van der Waals surface area contributed by atoms with Gasteiger partial charge in [-0.05, 0) is 20.3 Å². The van der Waals surface area contributed by atoms with Crippen molar-refractivity contribution in [2.24, 2.45) is 0 Å². The van der Waals surface area contributed by atoms with Crippen molar-refractivity contribution in [2.75, 3.05) is 6.61 Å². The molecule has 2 atom stereocenters. The first-order valence-electron chi connectivity index (χ1n) is 4.30. The van der Waals surface area contributed by atoms with Crippen molar-refractivity contribution in [3.05, 3.63) is 12.2 Å². The van der Waals surface area contributed by atoms with E-state index in [2.05, 4.69) is 4.52 Å². The van der Waals surface area contributed by atoms with Crippen LogP contribution in [0.1, 0.15) is 27.2 Å².